The molecule has 40 heavy (non-hydrogen) atoms. The smallest absolute Gasteiger partial charge is 0.254 e. The second-order valence-electron chi connectivity index (χ2n) is 10.6. The lowest BCUT2D eigenvalue weighted by Crippen LogP contribution is -2.49. The van der Waals surface area contributed by atoms with Crippen molar-refractivity contribution in [2.45, 2.75) is 25.7 Å². The number of benzene rings is 2. The van der Waals surface area contributed by atoms with Gasteiger partial charge in [-0.1, -0.05) is 12.8 Å². The third kappa shape index (κ3) is 6.01. The van der Waals surface area contributed by atoms with Gasteiger partial charge in [0.2, 0.25) is 5.91 Å². The van der Waals surface area contributed by atoms with E-state index in [4.69, 9.17) is 9.47 Å². The molecule has 0 bridgehead atoms. The van der Waals surface area contributed by atoms with E-state index in [9.17, 15) is 14.4 Å². The highest BCUT2D eigenvalue weighted by Gasteiger charge is 2.28. The van der Waals surface area contributed by atoms with Crippen LogP contribution in [0.15, 0.2) is 36.4 Å². The van der Waals surface area contributed by atoms with Crippen molar-refractivity contribution in [3.05, 3.63) is 47.5 Å². The van der Waals surface area contributed by atoms with Gasteiger partial charge in [-0.15, -0.1) is 0 Å². The summed E-state index contributed by atoms with van der Waals surface area (Å²) >= 11 is 0. The van der Waals surface area contributed by atoms with Crippen LogP contribution in [0.2, 0.25) is 0 Å². The molecule has 214 valence electrons. The first-order chi connectivity index (χ1) is 19.5. The molecule has 1 saturated carbocycles. The number of nitrogens with zero attached hydrogens (tertiary/aromatic N) is 3. The summed E-state index contributed by atoms with van der Waals surface area (Å²) in [6.07, 6.45) is 3.94. The van der Waals surface area contributed by atoms with Gasteiger partial charge in [-0.05, 0) is 49.2 Å². The number of ether oxygens (including phenoxy) is 2. The summed E-state index contributed by atoms with van der Waals surface area (Å²) in [5.74, 6) is 1.05. The van der Waals surface area contributed by atoms with E-state index >= 15 is 0 Å². The van der Waals surface area contributed by atoms with Gasteiger partial charge in [0.05, 0.1) is 25.6 Å². The summed E-state index contributed by atoms with van der Waals surface area (Å²) in [7, 11) is 3.12. The number of carbonyl (C=O) groups is 3. The van der Waals surface area contributed by atoms with Gasteiger partial charge in [0.25, 0.3) is 11.8 Å². The number of rotatable bonds is 7. The largest absolute Gasteiger partial charge is 0.493 e. The number of methoxy groups -OCH3 is 2. The first-order valence-corrected chi connectivity index (χ1v) is 14.2. The second-order valence-corrected chi connectivity index (χ2v) is 10.6. The zero-order valence-electron chi connectivity index (χ0n) is 23.4. The summed E-state index contributed by atoms with van der Waals surface area (Å²) in [5.41, 5.74) is 2.67. The van der Waals surface area contributed by atoms with Crippen molar-refractivity contribution in [3.8, 4) is 11.5 Å². The van der Waals surface area contributed by atoms with Crippen LogP contribution in [0.1, 0.15) is 46.4 Å². The van der Waals surface area contributed by atoms with Crippen LogP contribution in [0.5, 0.6) is 11.5 Å². The molecule has 1 aliphatic carbocycles. The van der Waals surface area contributed by atoms with Gasteiger partial charge >= 0.3 is 0 Å². The van der Waals surface area contributed by atoms with Crippen LogP contribution in [0, 0.1) is 5.92 Å². The molecular formula is C30H39N5O5. The van der Waals surface area contributed by atoms with Crippen LogP contribution < -0.4 is 25.0 Å². The molecule has 0 spiro atoms. The van der Waals surface area contributed by atoms with Gasteiger partial charge in [-0.25, -0.2) is 0 Å². The van der Waals surface area contributed by atoms with Crippen LogP contribution in [0.4, 0.5) is 11.4 Å². The molecule has 5 rings (SSSR count). The van der Waals surface area contributed by atoms with Gasteiger partial charge in [0.15, 0.2) is 11.5 Å². The van der Waals surface area contributed by atoms with Crippen molar-refractivity contribution in [1.82, 2.24) is 15.1 Å². The van der Waals surface area contributed by atoms with E-state index in [-0.39, 0.29) is 23.6 Å². The number of piperazine rings is 2. The van der Waals surface area contributed by atoms with Crippen LogP contribution in [-0.4, -0.2) is 94.1 Å². The first kappa shape index (κ1) is 27.8. The predicted octanol–water partition coefficient (Wildman–Crippen LogP) is 2.84. The van der Waals surface area contributed by atoms with Crippen molar-refractivity contribution in [2.24, 2.45) is 5.92 Å². The number of amides is 3. The van der Waals surface area contributed by atoms with Crippen molar-refractivity contribution in [2.75, 3.05) is 76.8 Å². The minimum Gasteiger partial charge on any atom is -0.493 e. The summed E-state index contributed by atoms with van der Waals surface area (Å²) in [5, 5.41) is 6.44. The molecule has 3 amide bonds. The van der Waals surface area contributed by atoms with Gasteiger partial charge in [-0.2, -0.15) is 0 Å². The topological polar surface area (TPSA) is 103 Å². The Balaban J connectivity index is 1.32. The molecule has 2 saturated heterocycles. The monoisotopic (exact) mass is 549 g/mol. The Morgan fingerprint density at radius 1 is 0.775 bits per heavy atom. The number of hydrogen-bond donors (Lipinski definition) is 2. The quantitative estimate of drug-likeness (QED) is 0.548. The molecule has 2 aromatic carbocycles. The normalized spacial score (nSPS) is 18.0. The lowest BCUT2D eigenvalue weighted by atomic mass is 10.1. The van der Waals surface area contributed by atoms with Gasteiger partial charge in [0, 0.05) is 69.4 Å². The van der Waals surface area contributed by atoms with Crippen LogP contribution in [-0.2, 0) is 4.79 Å². The SMILES string of the molecule is COc1ccc(C(=O)N2CCN(c3ccc(C(=O)N4CCNCC4)cc3NC(=O)C3CCCC3)CC2)cc1OC. The molecule has 2 aliphatic heterocycles. The fourth-order valence-electron chi connectivity index (χ4n) is 5.82. The molecule has 0 unspecified atom stereocenters. The van der Waals surface area contributed by atoms with Gasteiger partial charge in [-0.3, -0.25) is 14.4 Å². The average Bonchev–Trinajstić information content (AvgIpc) is 3.56. The molecule has 3 aliphatic rings. The molecule has 2 N–H and O–H groups in total. The molecular weight excluding hydrogens is 510 g/mol. The number of hydrogen-bond acceptors (Lipinski definition) is 7. The van der Waals surface area contributed by atoms with Crippen molar-refractivity contribution < 1.29 is 23.9 Å². The lowest BCUT2D eigenvalue weighted by molar-refractivity contribution is -0.119. The zero-order chi connectivity index (χ0) is 28.1. The Morgan fingerprint density at radius 3 is 2.02 bits per heavy atom. The molecule has 0 radical (unpaired) electrons. The van der Waals surface area contributed by atoms with E-state index in [2.05, 4.69) is 15.5 Å². The Bertz CT molecular complexity index is 1230. The molecule has 2 aromatic rings. The van der Waals surface area contributed by atoms with E-state index in [1.165, 1.54) is 0 Å². The Labute approximate surface area is 235 Å². The number of nitrogens with one attached hydrogen (secondary N) is 2. The third-order valence-corrected chi connectivity index (χ3v) is 8.17. The van der Waals surface area contributed by atoms with Gasteiger partial charge < -0.3 is 34.8 Å². The molecule has 10 nitrogen and oxygen atoms in total. The van der Waals surface area contributed by atoms with Gasteiger partial charge in [0.1, 0.15) is 0 Å². The standard InChI is InChI=1S/C30H39N5O5/c1-39-26-10-8-23(20-27(26)40-2)30(38)35-17-15-33(16-18-35)25-9-7-22(29(37)34-13-11-31-12-14-34)19-24(25)32-28(36)21-5-3-4-6-21/h7-10,19-21,31H,3-6,11-18H2,1-2H3,(H,32,36). The summed E-state index contributed by atoms with van der Waals surface area (Å²) < 4.78 is 10.7. The summed E-state index contributed by atoms with van der Waals surface area (Å²) in [4.78, 5) is 45.5. The number of carbonyl (C=O) groups excluding carboxylic acids is 3. The Kier molecular flexibility index (Phi) is 8.74. The molecule has 10 heteroatoms. The van der Waals surface area contributed by atoms with Crippen LogP contribution >= 0.6 is 0 Å². The fourth-order valence-corrected chi connectivity index (χ4v) is 5.82. The van der Waals surface area contributed by atoms with E-state index in [0.717, 1.165) is 44.5 Å². The zero-order valence-corrected chi connectivity index (χ0v) is 23.4. The van der Waals surface area contributed by atoms with Crippen LogP contribution in [0.3, 0.4) is 0 Å². The minimum absolute atomic E-state index is 0.0105. The first-order valence-electron chi connectivity index (χ1n) is 14.2. The Hall–Kier alpha value is -3.79. The minimum atomic E-state index is -0.0627. The lowest BCUT2D eigenvalue weighted by Gasteiger charge is -2.37. The van der Waals surface area contributed by atoms with Crippen LogP contribution in [0.25, 0.3) is 0 Å². The highest BCUT2D eigenvalue weighted by Crippen LogP contribution is 2.33. The molecule has 3 fully saturated rings. The average molecular weight is 550 g/mol. The third-order valence-electron chi connectivity index (χ3n) is 8.17. The maximum absolute atomic E-state index is 13.2. The molecule has 0 aromatic heterocycles. The highest BCUT2D eigenvalue weighted by atomic mass is 16.5. The van der Waals surface area contributed by atoms with Crippen molar-refractivity contribution in [3.63, 3.8) is 0 Å². The van der Waals surface area contributed by atoms with E-state index < -0.39 is 0 Å². The highest BCUT2D eigenvalue weighted by molar-refractivity contribution is 6.01. The second kappa shape index (κ2) is 12.6. The summed E-state index contributed by atoms with van der Waals surface area (Å²) in [6.45, 7) is 5.17. The summed E-state index contributed by atoms with van der Waals surface area (Å²) in [6, 6.07) is 10.8. The predicted molar refractivity (Wildman–Crippen MR) is 153 cm³/mol. The Morgan fingerprint density at radius 2 is 1.38 bits per heavy atom. The van der Waals surface area contributed by atoms with E-state index in [0.29, 0.717) is 67.6 Å². The number of anilines is 2. The van der Waals surface area contributed by atoms with E-state index in [1.54, 1.807) is 32.4 Å². The maximum atomic E-state index is 13.2. The fraction of sp³-hybridized carbons (Fsp3) is 0.500. The van der Waals surface area contributed by atoms with Crippen molar-refractivity contribution in [1.29, 1.82) is 0 Å². The van der Waals surface area contributed by atoms with E-state index in [1.807, 2.05) is 28.0 Å². The molecule has 2 heterocycles. The maximum Gasteiger partial charge on any atom is 0.254 e. The molecule has 0 atom stereocenters. The van der Waals surface area contributed by atoms with Crippen molar-refractivity contribution >= 4 is 29.1 Å².